The number of aliphatic carboxylic acids is 1. The molecule has 5 nitrogen and oxygen atoms in total. The first-order valence-electron chi connectivity index (χ1n) is 9.91. The van der Waals surface area contributed by atoms with Crippen LogP contribution < -0.4 is 9.47 Å². The summed E-state index contributed by atoms with van der Waals surface area (Å²) >= 11 is 13.2. The average Bonchev–Trinajstić information content (AvgIpc) is 3.32. The van der Waals surface area contributed by atoms with Crippen molar-refractivity contribution in [1.82, 2.24) is 0 Å². The van der Waals surface area contributed by atoms with Gasteiger partial charge in [-0.25, -0.2) is 0 Å². The molecular formula is C25H19Cl2NO4. The third-order valence-corrected chi connectivity index (χ3v) is 6.58. The summed E-state index contributed by atoms with van der Waals surface area (Å²) in [5.74, 6) is -0.150. The van der Waals surface area contributed by atoms with Crippen LogP contribution in [0.15, 0.2) is 78.9 Å². The summed E-state index contributed by atoms with van der Waals surface area (Å²) in [5, 5.41) is 19.1. The number of alkyl halides is 2. The summed E-state index contributed by atoms with van der Waals surface area (Å²) in [4.78, 5) is 12.5. The van der Waals surface area contributed by atoms with Crippen LogP contribution in [0.2, 0.25) is 0 Å². The van der Waals surface area contributed by atoms with Gasteiger partial charge in [-0.2, -0.15) is 5.26 Å². The summed E-state index contributed by atoms with van der Waals surface area (Å²) in [5.41, 5.74) is -0.434. The van der Waals surface area contributed by atoms with Crippen molar-refractivity contribution < 1.29 is 19.4 Å². The quantitative estimate of drug-likeness (QED) is 0.426. The second kappa shape index (κ2) is 8.38. The molecular weight excluding hydrogens is 449 g/mol. The maximum Gasteiger partial charge on any atom is 0.318 e. The fourth-order valence-electron chi connectivity index (χ4n) is 4.02. The Labute approximate surface area is 195 Å². The zero-order valence-electron chi connectivity index (χ0n) is 17.0. The number of benzene rings is 3. The van der Waals surface area contributed by atoms with Gasteiger partial charge in [-0.1, -0.05) is 65.7 Å². The van der Waals surface area contributed by atoms with Crippen LogP contribution in [0, 0.1) is 11.3 Å². The molecule has 4 rings (SSSR count). The molecule has 0 saturated heterocycles. The zero-order chi connectivity index (χ0) is 22.9. The molecule has 32 heavy (non-hydrogen) atoms. The number of halogens is 2. The summed E-state index contributed by atoms with van der Waals surface area (Å²) in [6.45, 7) is 1.62. The fourth-order valence-corrected chi connectivity index (χ4v) is 5.09. The first-order chi connectivity index (χ1) is 15.3. The van der Waals surface area contributed by atoms with E-state index in [-0.39, 0.29) is 0 Å². The average molecular weight is 468 g/mol. The van der Waals surface area contributed by atoms with E-state index in [2.05, 4.69) is 0 Å². The monoisotopic (exact) mass is 467 g/mol. The smallest absolute Gasteiger partial charge is 0.318 e. The summed E-state index contributed by atoms with van der Waals surface area (Å²) in [6, 6.07) is 24.8. The minimum absolute atomic E-state index is 0.450. The number of para-hydroxylation sites is 1. The van der Waals surface area contributed by atoms with E-state index >= 15 is 0 Å². The van der Waals surface area contributed by atoms with Crippen LogP contribution in [-0.2, 0) is 10.2 Å². The Balaban J connectivity index is 1.67. The van der Waals surface area contributed by atoms with Crippen LogP contribution in [-0.4, -0.2) is 21.5 Å². The molecule has 3 unspecified atom stereocenters. The van der Waals surface area contributed by atoms with Crippen LogP contribution in [0.25, 0.3) is 0 Å². The number of ether oxygens (including phenoxy) is 2. The highest BCUT2D eigenvalue weighted by atomic mass is 35.5. The second-order valence-electron chi connectivity index (χ2n) is 7.57. The van der Waals surface area contributed by atoms with Crippen molar-refractivity contribution in [3.8, 4) is 23.3 Å². The van der Waals surface area contributed by atoms with Crippen molar-refractivity contribution in [3.05, 3.63) is 90.0 Å². The van der Waals surface area contributed by atoms with E-state index in [1.54, 1.807) is 55.5 Å². The molecule has 0 spiro atoms. The molecule has 162 valence electrons. The van der Waals surface area contributed by atoms with E-state index in [4.69, 9.17) is 37.9 Å². The van der Waals surface area contributed by atoms with Gasteiger partial charge in [0.25, 0.3) is 0 Å². The Kier molecular flexibility index (Phi) is 5.77. The largest absolute Gasteiger partial charge is 0.480 e. The Morgan fingerprint density at radius 1 is 1.00 bits per heavy atom. The molecule has 1 fully saturated rings. The zero-order valence-corrected chi connectivity index (χ0v) is 18.5. The van der Waals surface area contributed by atoms with Crippen molar-refractivity contribution in [2.45, 2.75) is 28.7 Å². The van der Waals surface area contributed by atoms with Gasteiger partial charge in [-0.3, -0.25) is 4.79 Å². The van der Waals surface area contributed by atoms with Gasteiger partial charge in [0, 0.05) is 5.92 Å². The summed E-state index contributed by atoms with van der Waals surface area (Å²) < 4.78 is 9.78. The number of nitriles is 1. The predicted octanol–water partition coefficient (Wildman–Crippen LogP) is 6.06. The van der Waals surface area contributed by atoms with Crippen molar-refractivity contribution in [1.29, 1.82) is 5.26 Å². The number of nitrogens with zero attached hydrogens (tertiary/aromatic N) is 1. The number of hydrogen-bond donors (Lipinski definition) is 1. The minimum Gasteiger partial charge on any atom is -0.480 e. The van der Waals surface area contributed by atoms with Crippen molar-refractivity contribution in [2.75, 3.05) is 0 Å². The lowest BCUT2D eigenvalue weighted by molar-refractivity contribution is -0.140. The molecule has 0 aromatic heterocycles. The molecule has 3 aromatic rings. The van der Waals surface area contributed by atoms with E-state index in [1.807, 2.05) is 36.4 Å². The van der Waals surface area contributed by atoms with Crippen molar-refractivity contribution in [3.63, 3.8) is 0 Å². The Bertz CT molecular complexity index is 1170. The Morgan fingerprint density at radius 2 is 1.66 bits per heavy atom. The van der Waals surface area contributed by atoms with Crippen molar-refractivity contribution >= 4 is 29.2 Å². The molecule has 0 heterocycles. The second-order valence-corrected chi connectivity index (χ2v) is 8.96. The lowest BCUT2D eigenvalue weighted by Gasteiger charge is -2.15. The van der Waals surface area contributed by atoms with Crippen LogP contribution in [0.1, 0.15) is 24.0 Å². The van der Waals surface area contributed by atoms with Gasteiger partial charge in [0.1, 0.15) is 33.1 Å². The highest BCUT2D eigenvalue weighted by molar-refractivity contribution is 6.55. The molecule has 7 heteroatoms. The highest BCUT2D eigenvalue weighted by Crippen LogP contribution is 2.74. The minimum atomic E-state index is -1.56. The fraction of sp³-hybridized carbons (Fsp3) is 0.200. The van der Waals surface area contributed by atoms with Gasteiger partial charge in [0.05, 0.1) is 0 Å². The van der Waals surface area contributed by atoms with Crippen LogP contribution in [0.4, 0.5) is 0 Å². The maximum absolute atomic E-state index is 12.5. The molecule has 1 aliphatic rings. The lowest BCUT2D eigenvalue weighted by Crippen LogP contribution is -2.26. The standard InChI is InChI=1S/C25H19Cl2NO4/c1-16(15-28)31-20-12-10-18(11-13-20)24(23(29)30)22(25(24,26)27)17-6-5-9-21(14-17)32-19-7-3-2-4-8-19/h2-14,16,22H,1H3,(H,29,30). The van der Waals surface area contributed by atoms with Gasteiger partial charge in [0.2, 0.25) is 0 Å². The topological polar surface area (TPSA) is 79.5 Å². The van der Waals surface area contributed by atoms with Gasteiger partial charge >= 0.3 is 5.97 Å². The maximum atomic E-state index is 12.5. The van der Waals surface area contributed by atoms with Gasteiger partial charge in [-0.15, -0.1) is 0 Å². The molecule has 0 radical (unpaired) electrons. The number of carboxylic acids is 1. The van der Waals surface area contributed by atoms with Crippen molar-refractivity contribution in [2.24, 2.45) is 0 Å². The van der Waals surface area contributed by atoms with Crippen LogP contribution in [0.5, 0.6) is 17.2 Å². The molecule has 1 saturated carbocycles. The predicted molar refractivity (Wildman–Crippen MR) is 122 cm³/mol. The van der Waals surface area contributed by atoms with Gasteiger partial charge in [0.15, 0.2) is 6.10 Å². The normalized spacial score (nSPS) is 21.8. The molecule has 3 atom stereocenters. The lowest BCUT2D eigenvalue weighted by atomic mass is 9.90. The van der Waals surface area contributed by atoms with E-state index in [9.17, 15) is 9.90 Å². The number of carboxylic acid groups (broad SMARTS) is 1. The molecule has 1 N–H and O–H groups in total. The molecule has 3 aromatic carbocycles. The van der Waals surface area contributed by atoms with Crippen LogP contribution >= 0.6 is 23.2 Å². The van der Waals surface area contributed by atoms with Gasteiger partial charge in [-0.05, 0) is 54.4 Å². The number of rotatable bonds is 7. The first kappa shape index (κ1) is 22.0. The molecule has 0 aliphatic heterocycles. The SMILES string of the molecule is CC(C#N)Oc1ccc(C2(C(=O)O)C(c3cccc(Oc4ccccc4)c3)C2(Cl)Cl)cc1. The van der Waals surface area contributed by atoms with E-state index in [0.29, 0.717) is 28.4 Å². The molecule has 1 aliphatic carbocycles. The van der Waals surface area contributed by atoms with Gasteiger partial charge < -0.3 is 14.6 Å². The van der Waals surface area contributed by atoms with E-state index in [1.165, 1.54) is 0 Å². The van der Waals surface area contributed by atoms with E-state index < -0.39 is 27.7 Å². The van der Waals surface area contributed by atoms with E-state index in [0.717, 1.165) is 0 Å². The Morgan fingerprint density at radius 3 is 2.28 bits per heavy atom. The van der Waals surface area contributed by atoms with Crippen LogP contribution in [0.3, 0.4) is 0 Å². The summed E-state index contributed by atoms with van der Waals surface area (Å²) in [6.07, 6.45) is -0.629. The third kappa shape index (κ3) is 3.66. The molecule has 0 amide bonds. The summed E-state index contributed by atoms with van der Waals surface area (Å²) in [7, 11) is 0. The molecule has 0 bridgehead atoms. The number of carbonyl (C=O) groups is 1. The first-order valence-corrected chi connectivity index (χ1v) is 10.7. The number of hydrogen-bond acceptors (Lipinski definition) is 4. The highest BCUT2D eigenvalue weighted by Gasteiger charge is 2.82. The Hall–Kier alpha value is -3.20. The third-order valence-electron chi connectivity index (χ3n) is 5.55.